The molecule has 0 N–H and O–H groups in total. The van der Waals surface area contributed by atoms with Crippen molar-refractivity contribution in [1.82, 2.24) is 4.90 Å². The van der Waals surface area contributed by atoms with Crippen LogP contribution in [-0.4, -0.2) is 52.9 Å². The van der Waals surface area contributed by atoms with E-state index in [1.54, 1.807) is 19.2 Å². The molecule has 0 spiro atoms. The van der Waals surface area contributed by atoms with Crippen LogP contribution in [0.3, 0.4) is 0 Å². The monoisotopic (exact) mass is 402 g/mol. The van der Waals surface area contributed by atoms with E-state index in [1.807, 2.05) is 12.1 Å². The van der Waals surface area contributed by atoms with Crippen molar-refractivity contribution < 1.29 is 13.2 Å². The topological polar surface area (TPSA) is 49.9 Å². The molecular formula is C22H30N2O3S. The quantitative estimate of drug-likeness (QED) is 0.633. The third-order valence-electron chi connectivity index (χ3n) is 5.37. The first kappa shape index (κ1) is 20.7. The second-order valence-electron chi connectivity index (χ2n) is 7.63. The zero-order chi connectivity index (χ0) is 20.1. The van der Waals surface area contributed by atoms with Crippen molar-refractivity contribution in [2.24, 2.45) is 0 Å². The fourth-order valence-corrected chi connectivity index (χ4v) is 4.16. The molecule has 1 aliphatic rings. The molecule has 0 amide bonds. The van der Waals surface area contributed by atoms with Crippen molar-refractivity contribution in [1.29, 1.82) is 0 Å². The van der Waals surface area contributed by atoms with Crippen LogP contribution in [-0.2, 0) is 10.0 Å². The van der Waals surface area contributed by atoms with Gasteiger partial charge in [0.15, 0.2) is 0 Å². The predicted octanol–water partition coefficient (Wildman–Crippen LogP) is 3.65. The highest BCUT2D eigenvalue weighted by atomic mass is 32.2. The number of hydrogen-bond donors (Lipinski definition) is 0. The molecule has 152 valence electrons. The molecule has 2 aromatic rings. The molecule has 5 nitrogen and oxygen atoms in total. The Labute approximate surface area is 169 Å². The van der Waals surface area contributed by atoms with Crippen LogP contribution >= 0.6 is 0 Å². The van der Waals surface area contributed by atoms with Gasteiger partial charge in [-0.25, -0.2) is 8.42 Å². The molecule has 1 heterocycles. The fourth-order valence-electron chi connectivity index (χ4n) is 3.65. The van der Waals surface area contributed by atoms with Gasteiger partial charge < -0.3 is 9.64 Å². The number of aryl methyl sites for hydroxylation is 1. The van der Waals surface area contributed by atoms with Crippen molar-refractivity contribution in [3.05, 3.63) is 59.7 Å². The molecule has 6 heteroatoms. The highest BCUT2D eigenvalue weighted by molar-refractivity contribution is 7.92. The van der Waals surface area contributed by atoms with Gasteiger partial charge in [0.25, 0.3) is 0 Å². The Bertz CT molecular complexity index is 881. The molecule has 1 atom stereocenters. The second kappa shape index (κ2) is 8.97. The third kappa shape index (κ3) is 5.49. The van der Waals surface area contributed by atoms with Crippen LogP contribution in [0, 0.1) is 6.92 Å². The van der Waals surface area contributed by atoms with Crippen LogP contribution in [0.1, 0.15) is 29.9 Å². The van der Waals surface area contributed by atoms with Gasteiger partial charge in [0, 0.05) is 20.1 Å². The molecule has 3 rings (SSSR count). The van der Waals surface area contributed by atoms with Crippen molar-refractivity contribution >= 4 is 15.7 Å². The molecule has 0 aromatic heterocycles. The Hall–Kier alpha value is -2.05. The van der Waals surface area contributed by atoms with E-state index in [1.165, 1.54) is 28.1 Å². The van der Waals surface area contributed by atoms with Crippen LogP contribution < -0.4 is 9.04 Å². The maximum absolute atomic E-state index is 11.6. The number of anilines is 1. The number of likely N-dealkylation sites (tertiary alicyclic amines) is 1. The zero-order valence-corrected chi connectivity index (χ0v) is 17.8. The summed E-state index contributed by atoms with van der Waals surface area (Å²) >= 11 is 0. The fraction of sp³-hybridized carbons (Fsp3) is 0.455. The van der Waals surface area contributed by atoms with Crippen LogP contribution in [0.15, 0.2) is 48.5 Å². The van der Waals surface area contributed by atoms with E-state index in [-0.39, 0.29) is 0 Å². The summed E-state index contributed by atoms with van der Waals surface area (Å²) in [5, 5.41) is 0. The molecule has 2 aromatic carbocycles. The van der Waals surface area contributed by atoms with Gasteiger partial charge >= 0.3 is 0 Å². The van der Waals surface area contributed by atoms with Crippen molar-refractivity contribution in [3.63, 3.8) is 0 Å². The first-order valence-electron chi connectivity index (χ1n) is 9.78. The molecule has 1 saturated heterocycles. The lowest BCUT2D eigenvalue weighted by molar-refractivity contribution is 0.262. The van der Waals surface area contributed by atoms with Gasteiger partial charge in [-0.3, -0.25) is 4.31 Å². The Morgan fingerprint density at radius 2 is 1.93 bits per heavy atom. The van der Waals surface area contributed by atoms with Gasteiger partial charge in [-0.15, -0.1) is 0 Å². The average molecular weight is 403 g/mol. The normalized spacial score (nSPS) is 17.6. The lowest BCUT2D eigenvalue weighted by atomic mass is 9.97. The molecule has 1 unspecified atom stereocenters. The Morgan fingerprint density at radius 1 is 1.18 bits per heavy atom. The maximum atomic E-state index is 11.6. The van der Waals surface area contributed by atoms with Gasteiger partial charge in [0.1, 0.15) is 5.75 Å². The minimum absolute atomic E-state index is 0.633. The lowest BCUT2D eigenvalue weighted by Gasteiger charge is -2.18. The molecule has 0 saturated carbocycles. The largest absolute Gasteiger partial charge is 0.494 e. The summed E-state index contributed by atoms with van der Waals surface area (Å²) in [6.07, 6.45) is 3.39. The van der Waals surface area contributed by atoms with Gasteiger partial charge in [0.05, 0.1) is 18.6 Å². The number of hydrogen-bond acceptors (Lipinski definition) is 4. The number of rotatable bonds is 8. The van der Waals surface area contributed by atoms with Crippen molar-refractivity contribution in [3.8, 4) is 5.75 Å². The van der Waals surface area contributed by atoms with E-state index in [4.69, 9.17) is 4.74 Å². The Morgan fingerprint density at radius 3 is 2.61 bits per heavy atom. The van der Waals surface area contributed by atoms with E-state index in [9.17, 15) is 8.42 Å². The summed E-state index contributed by atoms with van der Waals surface area (Å²) < 4.78 is 30.2. The lowest BCUT2D eigenvalue weighted by Crippen LogP contribution is -2.24. The molecule has 0 aliphatic carbocycles. The van der Waals surface area contributed by atoms with Gasteiger partial charge in [-0.1, -0.05) is 29.8 Å². The minimum atomic E-state index is -3.24. The third-order valence-corrected chi connectivity index (χ3v) is 6.58. The van der Waals surface area contributed by atoms with Crippen LogP contribution in [0.5, 0.6) is 5.75 Å². The number of nitrogens with zero attached hydrogens (tertiary/aromatic N) is 2. The van der Waals surface area contributed by atoms with Crippen LogP contribution in [0.4, 0.5) is 5.69 Å². The number of benzene rings is 2. The standard InChI is InChI=1S/C22H30N2O3S/c1-18-6-4-7-19(16-18)20-12-14-24(17-20)13-5-15-27-22-10-8-21(9-11-22)23(2)28(3,25)26/h4,6-11,16,20H,5,12-15,17H2,1-3H3. The Kier molecular flexibility index (Phi) is 6.62. The predicted molar refractivity (Wildman–Crippen MR) is 115 cm³/mol. The van der Waals surface area contributed by atoms with Gasteiger partial charge in [0.2, 0.25) is 10.0 Å². The van der Waals surface area contributed by atoms with E-state index < -0.39 is 10.0 Å². The number of sulfonamides is 1. The zero-order valence-electron chi connectivity index (χ0n) is 17.0. The number of ether oxygens (including phenoxy) is 1. The molecular weight excluding hydrogens is 372 g/mol. The Balaban J connectivity index is 1.40. The van der Waals surface area contributed by atoms with E-state index in [0.29, 0.717) is 18.2 Å². The highest BCUT2D eigenvalue weighted by Crippen LogP contribution is 2.27. The minimum Gasteiger partial charge on any atom is -0.494 e. The smallest absolute Gasteiger partial charge is 0.231 e. The van der Waals surface area contributed by atoms with Crippen LogP contribution in [0.25, 0.3) is 0 Å². The SMILES string of the molecule is Cc1cccc(C2CCN(CCCOc3ccc(N(C)S(C)(=O)=O)cc3)C2)c1. The summed E-state index contributed by atoms with van der Waals surface area (Å²) in [6.45, 7) is 6.12. The van der Waals surface area contributed by atoms with E-state index in [0.717, 1.165) is 31.8 Å². The first-order valence-corrected chi connectivity index (χ1v) is 11.6. The molecule has 0 bridgehead atoms. The summed E-state index contributed by atoms with van der Waals surface area (Å²) in [4.78, 5) is 2.51. The molecule has 1 aliphatic heterocycles. The van der Waals surface area contributed by atoms with Gasteiger partial charge in [-0.05, 0) is 62.1 Å². The highest BCUT2D eigenvalue weighted by Gasteiger charge is 2.23. The molecule has 28 heavy (non-hydrogen) atoms. The summed E-state index contributed by atoms with van der Waals surface area (Å²) in [5.74, 6) is 1.41. The first-order chi connectivity index (χ1) is 13.3. The molecule has 1 fully saturated rings. The van der Waals surface area contributed by atoms with E-state index >= 15 is 0 Å². The summed E-state index contributed by atoms with van der Waals surface area (Å²) in [7, 11) is -1.69. The van der Waals surface area contributed by atoms with Crippen molar-refractivity contribution in [2.45, 2.75) is 25.7 Å². The molecule has 0 radical (unpaired) electrons. The second-order valence-corrected chi connectivity index (χ2v) is 9.64. The summed E-state index contributed by atoms with van der Waals surface area (Å²) in [5.41, 5.74) is 3.42. The van der Waals surface area contributed by atoms with E-state index in [2.05, 4.69) is 36.1 Å². The van der Waals surface area contributed by atoms with Crippen molar-refractivity contribution in [2.75, 3.05) is 43.8 Å². The average Bonchev–Trinajstić information content (AvgIpc) is 3.13. The summed E-state index contributed by atoms with van der Waals surface area (Å²) in [6, 6.07) is 16.0. The van der Waals surface area contributed by atoms with Gasteiger partial charge in [-0.2, -0.15) is 0 Å². The maximum Gasteiger partial charge on any atom is 0.231 e. The van der Waals surface area contributed by atoms with Crippen LogP contribution in [0.2, 0.25) is 0 Å².